The van der Waals surface area contributed by atoms with Gasteiger partial charge in [-0.25, -0.2) is 0 Å². The van der Waals surface area contributed by atoms with E-state index in [2.05, 4.69) is 56.9 Å². The minimum Gasteiger partial charge on any atom is -0.491 e. The van der Waals surface area contributed by atoms with Gasteiger partial charge in [0.1, 0.15) is 12.4 Å². The monoisotopic (exact) mass is 261 g/mol. The van der Waals surface area contributed by atoms with Crippen LogP contribution in [0.2, 0.25) is 0 Å². The number of hydrogen-bond donors (Lipinski definition) is 0. The number of nitrogens with zero attached hydrogens (tertiary/aromatic N) is 1. The molecule has 2 heteroatoms. The summed E-state index contributed by atoms with van der Waals surface area (Å²) in [6.45, 7) is 12.3. The maximum atomic E-state index is 5.80. The fourth-order valence-electron chi connectivity index (χ4n) is 2.79. The van der Waals surface area contributed by atoms with E-state index in [9.17, 15) is 0 Å². The molecular weight excluding hydrogens is 234 g/mol. The summed E-state index contributed by atoms with van der Waals surface area (Å²) in [7, 11) is 0. The largest absolute Gasteiger partial charge is 0.491 e. The second kappa shape index (κ2) is 5.96. The van der Waals surface area contributed by atoms with Crippen LogP contribution in [0.15, 0.2) is 24.3 Å². The van der Waals surface area contributed by atoms with E-state index in [1.54, 1.807) is 0 Å². The van der Waals surface area contributed by atoms with Gasteiger partial charge in [-0.15, -0.1) is 0 Å². The van der Waals surface area contributed by atoms with E-state index in [0.717, 1.165) is 25.4 Å². The highest BCUT2D eigenvalue weighted by Gasteiger charge is 2.28. The third kappa shape index (κ3) is 3.73. The lowest BCUT2D eigenvalue weighted by atomic mass is 9.90. The first-order valence-electron chi connectivity index (χ1n) is 7.47. The fraction of sp³-hybridized carbons (Fsp3) is 0.647. The highest BCUT2D eigenvalue weighted by Crippen LogP contribution is 2.36. The summed E-state index contributed by atoms with van der Waals surface area (Å²) in [5, 5.41) is 0. The Morgan fingerprint density at radius 1 is 1.26 bits per heavy atom. The Balaban J connectivity index is 1.96. The number of hydrogen-bond acceptors (Lipinski definition) is 2. The lowest BCUT2D eigenvalue weighted by molar-refractivity contribution is 0.161. The highest BCUT2D eigenvalue weighted by molar-refractivity contribution is 5.39. The topological polar surface area (TPSA) is 12.5 Å². The number of ether oxygens (including phenoxy) is 1. The molecule has 0 aromatic heterocycles. The number of fused-ring (bicyclic) bond motifs is 1. The van der Waals surface area contributed by atoms with Crippen LogP contribution in [0.1, 0.15) is 52.1 Å². The van der Waals surface area contributed by atoms with Crippen LogP contribution in [0.5, 0.6) is 5.75 Å². The molecule has 0 saturated heterocycles. The second-order valence-corrected chi connectivity index (χ2v) is 6.66. The summed E-state index contributed by atoms with van der Waals surface area (Å²) in [6.07, 6.45) is 2.54. The van der Waals surface area contributed by atoms with Crippen LogP contribution in [0.4, 0.5) is 0 Å². The van der Waals surface area contributed by atoms with E-state index in [-0.39, 0.29) is 0 Å². The molecule has 0 fully saturated rings. The standard InChI is InChI=1S/C17H27NO/c1-5-18(12-8-11-17(2,3)4)15-13-19-16-10-7-6-9-14(15)16/h6-7,9-10,15H,5,8,11-13H2,1-4H3. The first-order valence-corrected chi connectivity index (χ1v) is 7.47. The maximum Gasteiger partial charge on any atom is 0.124 e. The van der Waals surface area contributed by atoms with Gasteiger partial charge in [-0.2, -0.15) is 0 Å². The second-order valence-electron chi connectivity index (χ2n) is 6.66. The van der Waals surface area contributed by atoms with Crippen molar-refractivity contribution in [3.05, 3.63) is 29.8 Å². The lowest BCUT2D eigenvalue weighted by Crippen LogP contribution is -2.31. The quantitative estimate of drug-likeness (QED) is 0.785. The first kappa shape index (κ1) is 14.4. The summed E-state index contributed by atoms with van der Waals surface area (Å²) in [5.74, 6) is 1.07. The molecule has 1 aromatic carbocycles. The zero-order valence-corrected chi connectivity index (χ0v) is 12.8. The molecule has 1 aromatic rings. The molecule has 1 unspecified atom stereocenters. The summed E-state index contributed by atoms with van der Waals surface area (Å²) < 4.78 is 5.80. The van der Waals surface area contributed by atoms with Crippen LogP contribution in [0, 0.1) is 5.41 Å². The summed E-state index contributed by atoms with van der Waals surface area (Å²) in [6, 6.07) is 8.90. The van der Waals surface area contributed by atoms with Crippen LogP contribution in [-0.4, -0.2) is 24.6 Å². The van der Waals surface area contributed by atoms with Crippen molar-refractivity contribution in [2.24, 2.45) is 5.41 Å². The Hall–Kier alpha value is -1.02. The van der Waals surface area contributed by atoms with Gasteiger partial charge < -0.3 is 4.74 Å². The van der Waals surface area contributed by atoms with Gasteiger partial charge in [0.05, 0.1) is 6.04 Å². The molecule has 1 aliphatic heterocycles. The predicted molar refractivity (Wildman–Crippen MR) is 80.6 cm³/mol. The Kier molecular flexibility index (Phi) is 4.51. The molecule has 0 aliphatic carbocycles. The SMILES string of the molecule is CCN(CCCC(C)(C)C)C1COc2ccccc21. The van der Waals surface area contributed by atoms with E-state index in [1.165, 1.54) is 18.4 Å². The zero-order valence-electron chi connectivity index (χ0n) is 12.8. The van der Waals surface area contributed by atoms with Crippen molar-refractivity contribution in [2.45, 2.75) is 46.6 Å². The summed E-state index contributed by atoms with van der Waals surface area (Å²) >= 11 is 0. The molecule has 2 rings (SSSR count). The van der Waals surface area contributed by atoms with Crippen LogP contribution in [-0.2, 0) is 0 Å². The van der Waals surface area contributed by atoms with Gasteiger partial charge in [0, 0.05) is 5.56 Å². The van der Waals surface area contributed by atoms with Crippen molar-refractivity contribution < 1.29 is 4.74 Å². The van der Waals surface area contributed by atoms with Crippen LogP contribution in [0.3, 0.4) is 0 Å². The summed E-state index contributed by atoms with van der Waals surface area (Å²) in [5.41, 5.74) is 1.80. The van der Waals surface area contributed by atoms with Crippen molar-refractivity contribution >= 4 is 0 Å². The Morgan fingerprint density at radius 3 is 2.68 bits per heavy atom. The van der Waals surface area contributed by atoms with E-state index in [1.807, 2.05) is 0 Å². The molecule has 1 atom stereocenters. The zero-order chi connectivity index (χ0) is 13.9. The Bertz CT molecular complexity index is 408. The molecule has 0 spiro atoms. The Labute approximate surface area is 117 Å². The highest BCUT2D eigenvalue weighted by atomic mass is 16.5. The van der Waals surface area contributed by atoms with Crippen LogP contribution < -0.4 is 4.74 Å². The molecule has 19 heavy (non-hydrogen) atoms. The molecule has 1 heterocycles. The molecule has 0 amide bonds. The smallest absolute Gasteiger partial charge is 0.124 e. The van der Waals surface area contributed by atoms with Crippen molar-refractivity contribution in [1.29, 1.82) is 0 Å². The van der Waals surface area contributed by atoms with Crippen LogP contribution >= 0.6 is 0 Å². The maximum absolute atomic E-state index is 5.80. The fourth-order valence-corrected chi connectivity index (χ4v) is 2.79. The molecule has 2 nitrogen and oxygen atoms in total. The average Bonchev–Trinajstić information content (AvgIpc) is 2.77. The van der Waals surface area contributed by atoms with E-state index >= 15 is 0 Å². The van der Waals surface area contributed by atoms with Gasteiger partial charge in [0.15, 0.2) is 0 Å². The van der Waals surface area contributed by atoms with E-state index in [0.29, 0.717) is 11.5 Å². The minimum atomic E-state index is 0.434. The molecule has 0 bridgehead atoms. The molecule has 0 saturated carbocycles. The van der Waals surface area contributed by atoms with Crippen molar-refractivity contribution in [2.75, 3.05) is 19.7 Å². The van der Waals surface area contributed by atoms with Crippen molar-refractivity contribution in [1.82, 2.24) is 4.90 Å². The van der Waals surface area contributed by atoms with Gasteiger partial charge in [0.25, 0.3) is 0 Å². The van der Waals surface area contributed by atoms with Crippen LogP contribution in [0.25, 0.3) is 0 Å². The molecule has 106 valence electrons. The molecule has 0 radical (unpaired) electrons. The normalized spacial score (nSPS) is 18.5. The summed E-state index contributed by atoms with van der Waals surface area (Å²) in [4.78, 5) is 2.55. The first-order chi connectivity index (χ1) is 9.01. The van der Waals surface area contributed by atoms with Gasteiger partial charge in [-0.3, -0.25) is 4.90 Å². The van der Waals surface area contributed by atoms with Gasteiger partial charge in [-0.05, 0) is 37.4 Å². The van der Waals surface area contributed by atoms with Gasteiger partial charge >= 0.3 is 0 Å². The molecule has 1 aliphatic rings. The number of likely N-dealkylation sites (N-methyl/N-ethyl adjacent to an activating group) is 1. The van der Waals surface area contributed by atoms with E-state index in [4.69, 9.17) is 4.74 Å². The van der Waals surface area contributed by atoms with Gasteiger partial charge in [-0.1, -0.05) is 45.9 Å². The number of rotatable bonds is 5. The molecule has 0 N–H and O–H groups in total. The van der Waals surface area contributed by atoms with Gasteiger partial charge in [0.2, 0.25) is 0 Å². The number of para-hydroxylation sites is 1. The third-order valence-electron chi connectivity index (χ3n) is 3.89. The minimum absolute atomic E-state index is 0.434. The van der Waals surface area contributed by atoms with Crippen molar-refractivity contribution in [3.8, 4) is 5.75 Å². The predicted octanol–water partition coefficient (Wildman–Crippen LogP) is 4.27. The average molecular weight is 261 g/mol. The molecular formula is C17H27NO. The lowest BCUT2D eigenvalue weighted by Gasteiger charge is -2.28. The number of benzene rings is 1. The van der Waals surface area contributed by atoms with E-state index < -0.39 is 0 Å². The third-order valence-corrected chi connectivity index (χ3v) is 3.89. The Morgan fingerprint density at radius 2 is 2.00 bits per heavy atom. The van der Waals surface area contributed by atoms with Crippen molar-refractivity contribution in [3.63, 3.8) is 0 Å².